The third-order valence-corrected chi connectivity index (χ3v) is 5.48. The van der Waals surface area contributed by atoms with Crippen molar-refractivity contribution in [2.24, 2.45) is 5.92 Å². The second-order valence-electron chi connectivity index (χ2n) is 7.67. The first-order valence-corrected chi connectivity index (χ1v) is 9.61. The van der Waals surface area contributed by atoms with Crippen LogP contribution in [0.25, 0.3) is 10.8 Å². The van der Waals surface area contributed by atoms with Gasteiger partial charge in [-0.25, -0.2) is 0 Å². The zero-order chi connectivity index (χ0) is 19.8. The maximum absolute atomic E-state index is 12.9. The molecule has 0 spiro atoms. The summed E-state index contributed by atoms with van der Waals surface area (Å²) in [5.74, 6) is -0.452. The van der Waals surface area contributed by atoms with Crippen molar-refractivity contribution in [3.05, 3.63) is 71.3 Å². The van der Waals surface area contributed by atoms with Crippen LogP contribution in [0, 0.1) is 26.7 Å². The summed E-state index contributed by atoms with van der Waals surface area (Å²) in [4.78, 5) is 27.4. The zero-order valence-corrected chi connectivity index (χ0v) is 16.5. The van der Waals surface area contributed by atoms with Gasteiger partial charge in [-0.05, 0) is 43.4 Å². The maximum atomic E-state index is 12.9. The number of hydrogen-bond acceptors (Lipinski definition) is 2. The number of nitrogens with zero attached hydrogens (tertiary/aromatic N) is 1. The van der Waals surface area contributed by atoms with Crippen molar-refractivity contribution < 1.29 is 9.59 Å². The molecule has 1 aliphatic rings. The fourth-order valence-electron chi connectivity index (χ4n) is 4.16. The molecule has 1 saturated heterocycles. The number of carbonyl (C=O) groups is 2. The van der Waals surface area contributed by atoms with Crippen LogP contribution in [0.15, 0.2) is 54.6 Å². The quantitative estimate of drug-likeness (QED) is 0.721. The Kier molecular flexibility index (Phi) is 4.63. The average Bonchev–Trinajstić information content (AvgIpc) is 3.05. The molecule has 0 saturated carbocycles. The van der Waals surface area contributed by atoms with E-state index >= 15 is 0 Å². The molecule has 1 fully saturated rings. The highest BCUT2D eigenvalue weighted by molar-refractivity contribution is 6.08. The number of amides is 2. The molecule has 0 bridgehead atoms. The number of anilines is 2. The Morgan fingerprint density at radius 2 is 1.68 bits per heavy atom. The maximum Gasteiger partial charge on any atom is 0.229 e. The van der Waals surface area contributed by atoms with Crippen molar-refractivity contribution in [1.29, 1.82) is 0 Å². The molecule has 0 unspecified atom stereocenters. The van der Waals surface area contributed by atoms with Gasteiger partial charge < -0.3 is 10.2 Å². The Hall–Kier alpha value is -3.14. The van der Waals surface area contributed by atoms with E-state index in [2.05, 4.69) is 17.4 Å². The first-order chi connectivity index (χ1) is 13.4. The van der Waals surface area contributed by atoms with Crippen LogP contribution in [0.5, 0.6) is 0 Å². The second-order valence-corrected chi connectivity index (χ2v) is 7.67. The highest BCUT2D eigenvalue weighted by Gasteiger charge is 2.36. The standard InChI is InChI=1S/C24H24N2O2/c1-15-11-16(2)23(17(3)12-15)25-24(28)19-13-22(27)26(14-19)21-10-6-8-18-7-4-5-9-20(18)21/h4-12,19H,13-14H2,1-3H3,(H,25,28)/t19-/m1/s1. The van der Waals surface area contributed by atoms with Crippen LogP contribution in [-0.4, -0.2) is 18.4 Å². The monoisotopic (exact) mass is 372 g/mol. The summed E-state index contributed by atoms with van der Waals surface area (Å²) >= 11 is 0. The molecule has 3 aromatic rings. The molecular formula is C24H24N2O2. The second kappa shape index (κ2) is 7.12. The number of nitrogens with one attached hydrogen (secondary N) is 1. The van der Waals surface area contributed by atoms with Crippen molar-refractivity contribution in [3.63, 3.8) is 0 Å². The predicted molar refractivity (Wildman–Crippen MR) is 114 cm³/mol. The lowest BCUT2D eigenvalue weighted by atomic mass is 10.0. The summed E-state index contributed by atoms with van der Waals surface area (Å²) < 4.78 is 0. The van der Waals surface area contributed by atoms with Crippen molar-refractivity contribution in [3.8, 4) is 0 Å². The zero-order valence-electron chi connectivity index (χ0n) is 16.5. The molecule has 4 nitrogen and oxygen atoms in total. The van der Waals surface area contributed by atoms with Gasteiger partial charge in [-0.1, -0.05) is 54.1 Å². The number of carbonyl (C=O) groups excluding carboxylic acids is 2. The number of benzene rings is 3. The number of aryl methyl sites for hydroxylation is 3. The van der Waals surface area contributed by atoms with Gasteiger partial charge in [0.25, 0.3) is 0 Å². The Morgan fingerprint density at radius 1 is 1.00 bits per heavy atom. The van der Waals surface area contributed by atoms with Gasteiger partial charge in [0.2, 0.25) is 11.8 Å². The third-order valence-electron chi connectivity index (χ3n) is 5.48. The first kappa shape index (κ1) is 18.2. The lowest BCUT2D eigenvalue weighted by Gasteiger charge is -2.19. The van der Waals surface area contributed by atoms with Gasteiger partial charge in [0.05, 0.1) is 11.6 Å². The van der Waals surface area contributed by atoms with E-state index in [-0.39, 0.29) is 24.2 Å². The van der Waals surface area contributed by atoms with E-state index < -0.39 is 0 Å². The Labute approximate surface area is 165 Å². The van der Waals surface area contributed by atoms with Crippen LogP contribution in [0.1, 0.15) is 23.1 Å². The summed E-state index contributed by atoms with van der Waals surface area (Å²) in [5, 5.41) is 5.18. The van der Waals surface area contributed by atoms with Crippen LogP contribution < -0.4 is 10.2 Å². The number of rotatable bonds is 3. The molecule has 3 aromatic carbocycles. The Morgan fingerprint density at radius 3 is 2.43 bits per heavy atom. The largest absolute Gasteiger partial charge is 0.325 e. The molecule has 0 aliphatic carbocycles. The van der Waals surface area contributed by atoms with Crippen molar-refractivity contribution in [2.75, 3.05) is 16.8 Å². The van der Waals surface area contributed by atoms with Gasteiger partial charge in [0.15, 0.2) is 0 Å². The van der Waals surface area contributed by atoms with Crippen molar-refractivity contribution in [1.82, 2.24) is 0 Å². The molecule has 142 valence electrons. The van der Waals surface area contributed by atoms with E-state index in [9.17, 15) is 9.59 Å². The van der Waals surface area contributed by atoms with Gasteiger partial charge in [0.1, 0.15) is 0 Å². The van der Waals surface area contributed by atoms with Crippen LogP contribution >= 0.6 is 0 Å². The third kappa shape index (κ3) is 3.26. The Bertz CT molecular complexity index is 1060. The van der Waals surface area contributed by atoms with Gasteiger partial charge >= 0.3 is 0 Å². The average molecular weight is 372 g/mol. The molecule has 1 aliphatic heterocycles. The molecule has 4 rings (SSSR count). The summed E-state index contributed by atoms with van der Waals surface area (Å²) in [6.45, 7) is 6.45. The van der Waals surface area contributed by atoms with Crippen LogP contribution in [-0.2, 0) is 9.59 Å². The molecule has 0 radical (unpaired) electrons. The topological polar surface area (TPSA) is 49.4 Å². The minimum Gasteiger partial charge on any atom is -0.325 e. The smallest absolute Gasteiger partial charge is 0.229 e. The van der Waals surface area contributed by atoms with Crippen LogP contribution in [0.2, 0.25) is 0 Å². The molecule has 1 heterocycles. The van der Waals surface area contributed by atoms with E-state index in [0.717, 1.165) is 33.3 Å². The fourth-order valence-corrected chi connectivity index (χ4v) is 4.16. The molecule has 4 heteroatoms. The Balaban J connectivity index is 1.57. The highest BCUT2D eigenvalue weighted by Crippen LogP contribution is 2.32. The molecule has 28 heavy (non-hydrogen) atoms. The minimum absolute atomic E-state index is 0.00569. The first-order valence-electron chi connectivity index (χ1n) is 9.61. The lowest BCUT2D eigenvalue weighted by molar-refractivity contribution is -0.122. The van der Waals surface area contributed by atoms with Gasteiger partial charge in [-0.15, -0.1) is 0 Å². The van der Waals surface area contributed by atoms with Gasteiger partial charge in [-0.3, -0.25) is 9.59 Å². The van der Waals surface area contributed by atoms with Crippen LogP contribution in [0.3, 0.4) is 0 Å². The van der Waals surface area contributed by atoms with E-state index in [1.54, 1.807) is 4.90 Å². The normalized spacial score (nSPS) is 16.6. The van der Waals surface area contributed by atoms with Crippen LogP contribution in [0.4, 0.5) is 11.4 Å². The highest BCUT2D eigenvalue weighted by atomic mass is 16.2. The van der Waals surface area contributed by atoms with Crippen molar-refractivity contribution >= 4 is 34.0 Å². The molecule has 1 N–H and O–H groups in total. The molecular weight excluding hydrogens is 348 g/mol. The number of fused-ring (bicyclic) bond motifs is 1. The lowest BCUT2D eigenvalue weighted by Crippen LogP contribution is -2.28. The van der Waals surface area contributed by atoms with Crippen molar-refractivity contribution in [2.45, 2.75) is 27.2 Å². The van der Waals surface area contributed by atoms with E-state index in [1.165, 1.54) is 5.56 Å². The van der Waals surface area contributed by atoms with Gasteiger partial charge in [-0.2, -0.15) is 0 Å². The van der Waals surface area contributed by atoms with E-state index in [0.29, 0.717) is 6.54 Å². The predicted octanol–water partition coefficient (Wildman–Crippen LogP) is 4.76. The van der Waals surface area contributed by atoms with Gasteiger partial charge in [0, 0.05) is 24.0 Å². The minimum atomic E-state index is -0.355. The summed E-state index contributed by atoms with van der Waals surface area (Å²) in [7, 11) is 0. The fraction of sp³-hybridized carbons (Fsp3) is 0.250. The van der Waals surface area contributed by atoms with E-state index in [1.807, 2.05) is 63.2 Å². The summed E-state index contributed by atoms with van der Waals surface area (Å²) in [5.41, 5.74) is 4.99. The summed E-state index contributed by atoms with van der Waals surface area (Å²) in [6.07, 6.45) is 0.235. The molecule has 0 aromatic heterocycles. The summed E-state index contributed by atoms with van der Waals surface area (Å²) in [6, 6.07) is 18.1. The number of hydrogen-bond donors (Lipinski definition) is 1. The van der Waals surface area contributed by atoms with E-state index in [4.69, 9.17) is 0 Å². The molecule has 2 amide bonds. The SMILES string of the molecule is Cc1cc(C)c(NC(=O)[C@@H]2CC(=O)N(c3cccc4ccccc34)C2)c(C)c1. The molecule has 1 atom stereocenters.